The molecule has 1 unspecified atom stereocenters. The molecule has 5 nitrogen and oxygen atoms in total. The molecule has 0 aromatic heterocycles. The summed E-state index contributed by atoms with van der Waals surface area (Å²) in [6.07, 6.45) is 0.223. The molecule has 0 radical (unpaired) electrons. The van der Waals surface area contributed by atoms with Crippen molar-refractivity contribution in [1.82, 2.24) is 5.32 Å². The number of amides is 1. The molecule has 0 saturated heterocycles. The number of rotatable bonds is 7. The lowest BCUT2D eigenvalue weighted by Gasteiger charge is -2.13. The van der Waals surface area contributed by atoms with E-state index in [4.69, 9.17) is 9.84 Å². The van der Waals surface area contributed by atoms with Gasteiger partial charge in [0.2, 0.25) is 0 Å². The van der Waals surface area contributed by atoms with Gasteiger partial charge in [-0.15, -0.1) is 0 Å². The van der Waals surface area contributed by atoms with Crippen LogP contribution in [0.4, 0.5) is 8.78 Å². The summed E-state index contributed by atoms with van der Waals surface area (Å²) in [6, 6.07) is 2.43. The van der Waals surface area contributed by atoms with Crippen LogP contribution in [-0.4, -0.2) is 29.6 Å². The molecule has 0 bridgehead atoms. The highest BCUT2D eigenvalue weighted by atomic mass is 19.1. The van der Waals surface area contributed by atoms with E-state index in [2.05, 4.69) is 5.32 Å². The van der Waals surface area contributed by atoms with Crippen LogP contribution >= 0.6 is 0 Å². The number of carboxylic acids is 1. The van der Waals surface area contributed by atoms with E-state index in [9.17, 15) is 18.4 Å². The molecular weight excluding hydrogens is 272 g/mol. The topological polar surface area (TPSA) is 75.6 Å². The third-order valence-corrected chi connectivity index (χ3v) is 2.45. The van der Waals surface area contributed by atoms with Crippen LogP contribution in [0.1, 0.15) is 19.8 Å². The lowest BCUT2D eigenvalue weighted by atomic mass is 10.2. The number of carbonyl (C=O) groups is 2. The number of ether oxygens (including phenoxy) is 1. The van der Waals surface area contributed by atoms with Crippen molar-refractivity contribution in [2.75, 3.05) is 6.61 Å². The SMILES string of the molecule is CC(CCC(=O)O)NC(=O)COc1ccc(F)cc1F. The Morgan fingerprint density at radius 2 is 2.10 bits per heavy atom. The summed E-state index contributed by atoms with van der Waals surface area (Å²) in [5.74, 6) is -3.31. The first-order valence-electron chi connectivity index (χ1n) is 5.97. The zero-order valence-corrected chi connectivity index (χ0v) is 10.9. The molecule has 2 N–H and O–H groups in total. The van der Waals surface area contributed by atoms with Crippen LogP contribution in [0, 0.1) is 11.6 Å². The summed E-state index contributed by atoms with van der Waals surface area (Å²) in [7, 11) is 0. The Bertz CT molecular complexity index is 493. The van der Waals surface area contributed by atoms with E-state index in [1.165, 1.54) is 0 Å². The van der Waals surface area contributed by atoms with Crippen molar-refractivity contribution < 1.29 is 28.2 Å². The first kappa shape index (κ1) is 15.9. The van der Waals surface area contributed by atoms with Crippen LogP contribution in [0.25, 0.3) is 0 Å². The summed E-state index contributed by atoms with van der Waals surface area (Å²) in [4.78, 5) is 21.8. The fourth-order valence-corrected chi connectivity index (χ4v) is 1.46. The van der Waals surface area contributed by atoms with Crippen molar-refractivity contribution >= 4 is 11.9 Å². The molecule has 1 aromatic rings. The number of carboxylic acid groups (broad SMARTS) is 1. The fraction of sp³-hybridized carbons (Fsp3) is 0.385. The van der Waals surface area contributed by atoms with Crippen LogP contribution in [0.3, 0.4) is 0 Å². The Balaban J connectivity index is 2.37. The lowest BCUT2D eigenvalue weighted by Crippen LogP contribution is -2.36. The Morgan fingerprint density at radius 1 is 1.40 bits per heavy atom. The van der Waals surface area contributed by atoms with Crippen LogP contribution in [0.5, 0.6) is 5.75 Å². The minimum absolute atomic E-state index is 0.0606. The van der Waals surface area contributed by atoms with Gasteiger partial charge >= 0.3 is 5.97 Å². The van der Waals surface area contributed by atoms with Crippen molar-refractivity contribution in [1.29, 1.82) is 0 Å². The largest absolute Gasteiger partial charge is 0.481 e. The highest BCUT2D eigenvalue weighted by Crippen LogP contribution is 2.17. The van der Waals surface area contributed by atoms with E-state index in [1.54, 1.807) is 6.92 Å². The highest BCUT2D eigenvalue weighted by Gasteiger charge is 2.11. The smallest absolute Gasteiger partial charge is 0.303 e. The van der Waals surface area contributed by atoms with E-state index in [0.29, 0.717) is 6.07 Å². The molecular formula is C13H15F2NO4. The maximum atomic E-state index is 13.2. The number of aliphatic carboxylic acids is 1. The zero-order valence-electron chi connectivity index (χ0n) is 10.9. The van der Waals surface area contributed by atoms with Crippen molar-refractivity contribution in [2.45, 2.75) is 25.8 Å². The van der Waals surface area contributed by atoms with Gasteiger partial charge in [-0.05, 0) is 25.5 Å². The van der Waals surface area contributed by atoms with Gasteiger partial charge < -0.3 is 15.2 Å². The van der Waals surface area contributed by atoms with Gasteiger partial charge in [0.15, 0.2) is 18.2 Å². The van der Waals surface area contributed by atoms with Gasteiger partial charge in [0.25, 0.3) is 5.91 Å². The molecule has 7 heteroatoms. The van der Waals surface area contributed by atoms with Crippen molar-refractivity contribution in [3.8, 4) is 5.75 Å². The number of halogens is 2. The van der Waals surface area contributed by atoms with E-state index < -0.39 is 30.1 Å². The molecule has 1 amide bonds. The molecule has 110 valence electrons. The van der Waals surface area contributed by atoms with Crippen LogP contribution in [0.15, 0.2) is 18.2 Å². The monoisotopic (exact) mass is 287 g/mol. The lowest BCUT2D eigenvalue weighted by molar-refractivity contribution is -0.137. The summed E-state index contributed by atoms with van der Waals surface area (Å²) < 4.78 is 30.8. The molecule has 0 heterocycles. The normalized spacial score (nSPS) is 11.8. The number of benzene rings is 1. The van der Waals surface area contributed by atoms with E-state index >= 15 is 0 Å². The van der Waals surface area contributed by atoms with Crippen LogP contribution in [-0.2, 0) is 9.59 Å². The number of nitrogens with one attached hydrogen (secondary N) is 1. The number of carbonyl (C=O) groups excluding carboxylic acids is 1. The fourth-order valence-electron chi connectivity index (χ4n) is 1.46. The average molecular weight is 287 g/mol. The summed E-state index contributed by atoms with van der Waals surface area (Å²) >= 11 is 0. The van der Waals surface area contributed by atoms with Crippen LogP contribution in [0.2, 0.25) is 0 Å². The standard InChI is InChI=1S/C13H15F2NO4/c1-8(2-5-13(18)19)16-12(17)7-20-11-4-3-9(14)6-10(11)15/h3-4,6,8H,2,5,7H2,1H3,(H,16,17)(H,18,19). The number of hydrogen-bond acceptors (Lipinski definition) is 3. The van der Waals surface area contributed by atoms with Crippen molar-refractivity contribution in [3.63, 3.8) is 0 Å². The number of hydrogen-bond donors (Lipinski definition) is 2. The minimum Gasteiger partial charge on any atom is -0.481 e. The summed E-state index contributed by atoms with van der Waals surface area (Å²) in [5.41, 5.74) is 0. The van der Waals surface area contributed by atoms with E-state index in [1.807, 2.05) is 0 Å². The third kappa shape index (κ3) is 5.64. The quantitative estimate of drug-likeness (QED) is 0.800. The molecule has 0 aliphatic heterocycles. The second-order valence-electron chi connectivity index (χ2n) is 4.26. The molecule has 0 aliphatic carbocycles. The van der Waals surface area contributed by atoms with E-state index in [-0.39, 0.29) is 24.6 Å². The minimum atomic E-state index is -0.948. The first-order chi connectivity index (χ1) is 9.38. The Kier molecular flexibility index (Phi) is 5.89. The molecule has 0 fully saturated rings. The molecule has 0 spiro atoms. The van der Waals surface area contributed by atoms with Gasteiger partial charge in [-0.2, -0.15) is 0 Å². The third-order valence-electron chi connectivity index (χ3n) is 2.45. The summed E-state index contributed by atoms with van der Waals surface area (Å²) in [5, 5.41) is 11.0. The highest BCUT2D eigenvalue weighted by molar-refractivity contribution is 5.77. The first-order valence-corrected chi connectivity index (χ1v) is 5.97. The molecule has 0 aliphatic rings. The zero-order chi connectivity index (χ0) is 15.1. The molecule has 20 heavy (non-hydrogen) atoms. The van der Waals surface area contributed by atoms with Crippen LogP contribution < -0.4 is 10.1 Å². The maximum absolute atomic E-state index is 13.2. The Hall–Kier alpha value is -2.18. The van der Waals surface area contributed by atoms with Gasteiger partial charge in [-0.1, -0.05) is 0 Å². The molecule has 1 rings (SSSR count). The van der Waals surface area contributed by atoms with Gasteiger partial charge in [0, 0.05) is 18.5 Å². The predicted molar refractivity (Wildman–Crippen MR) is 66.3 cm³/mol. The van der Waals surface area contributed by atoms with Crippen molar-refractivity contribution in [2.24, 2.45) is 0 Å². The molecule has 0 saturated carbocycles. The maximum Gasteiger partial charge on any atom is 0.303 e. The Morgan fingerprint density at radius 3 is 2.70 bits per heavy atom. The second-order valence-corrected chi connectivity index (χ2v) is 4.26. The predicted octanol–water partition coefficient (Wildman–Crippen LogP) is 1.71. The van der Waals surface area contributed by atoms with Gasteiger partial charge in [-0.3, -0.25) is 9.59 Å². The van der Waals surface area contributed by atoms with E-state index in [0.717, 1.165) is 12.1 Å². The molecule has 1 aromatic carbocycles. The Labute approximate surface area is 114 Å². The molecule has 1 atom stereocenters. The van der Waals surface area contributed by atoms with Gasteiger partial charge in [-0.25, -0.2) is 8.78 Å². The average Bonchev–Trinajstić information content (AvgIpc) is 2.35. The van der Waals surface area contributed by atoms with Gasteiger partial charge in [0.05, 0.1) is 0 Å². The van der Waals surface area contributed by atoms with Crippen molar-refractivity contribution in [3.05, 3.63) is 29.8 Å². The van der Waals surface area contributed by atoms with Gasteiger partial charge in [0.1, 0.15) is 5.82 Å². The summed E-state index contributed by atoms with van der Waals surface area (Å²) in [6.45, 7) is 1.22. The second kappa shape index (κ2) is 7.42.